The fourth-order valence-corrected chi connectivity index (χ4v) is 2.42. The van der Waals surface area contributed by atoms with Gasteiger partial charge in [0.15, 0.2) is 0 Å². The van der Waals surface area contributed by atoms with Crippen LogP contribution < -0.4 is 10.2 Å². The molecule has 4 heteroatoms. The molecule has 0 saturated carbocycles. The lowest BCUT2D eigenvalue weighted by Gasteiger charge is -2.22. The third-order valence-electron chi connectivity index (χ3n) is 3.25. The van der Waals surface area contributed by atoms with Crippen LogP contribution in [0, 0.1) is 0 Å². The highest BCUT2D eigenvalue weighted by atomic mass is 35.5. The van der Waals surface area contributed by atoms with Crippen molar-refractivity contribution >= 4 is 17.3 Å². The van der Waals surface area contributed by atoms with Crippen LogP contribution in [-0.2, 0) is 6.54 Å². The van der Waals surface area contributed by atoms with E-state index in [1.165, 1.54) is 5.56 Å². The first-order valence-corrected chi connectivity index (χ1v) is 6.89. The summed E-state index contributed by atoms with van der Waals surface area (Å²) in [6, 6.07) is 6.45. The molecular formula is C14H21ClN2O. The predicted octanol–water partition coefficient (Wildman–Crippen LogP) is 2.41. The van der Waals surface area contributed by atoms with Gasteiger partial charge in [0.1, 0.15) is 0 Å². The Morgan fingerprint density at radius 3 is 2.89 bits per heavy atom. The second-order valence-electron chi connectivity index (χ2n) is 5.20. The molecule has 1 aromatic rings. The molecule has 0 aromatic heterocycles. The molecule has 1 heterocycles. The highest BCUT2D eigenvalue weighted by Gasteiger charge is 2.22. The third kappa shape index (κ3) is 3.37. The summed E-state index contributed by atoms with van der Waals surface area (Å²) in [5, 5.41) is 13.8. The zero-order chi connectivity index (χ0) is 13.1. The number of anilines is 1. The van der Waals surface area contributed by atoms with Gasteiger partial charge in [-0.3, -0.25) is 0 Å². The van der Waals surface area contributed by atoms with Crippen LogP contribution in [0.2, 0.25) is 5.02 Å². The first kappa shape index (κ1) is 13.7. The number of rotatable bonds is 4. The Morgan fingerprint density at radius 1 is 1.50 bits per heavy atom. The Hall–Kier alpha value is -0.770. The summed E-state index contributed by atoms with van der Waals surface area (Å²) >= 11 is 6.08. The van der Waals surface area contributed by atoms with Gasteiger partial charge in [0, 0.05) is 36.4 Å². The number of nitrogens with one attached hydrogen (secondary N) is 1. The average Bonchev–Trinajstić information content (AvgIpc) is 2.74. The van der Waals surface area contributed by atoms with Crippen LogP contribution in [0.1, 0.15) is 25.8 Å². The van der Waals surface area contributed by atoms with Crippen molar-refractivity contribution in [3.63, 3.8) is 0 Å². The van der Waals surface area contributed by atoms with Crippen LogP contribution in [0.5, 0.6) is 0 Å². The van der Waals surface area contributed by atoms with Gasteiger partial charge in [-0.25, -0.2) is 0 Å². The molecule has 0 amide bonds. The molecule has 2 rings (SSSR count). The maximum atomic E-state index is 9.65. The van der Waals surface area contributed by atoms with E-state index in [1.807, 2.05) is 12.1 Å². The van der Waals surface area contributed by atoms with Crippen molar-refractivity contribution in [1.82, 2.24) is 5.32 Å². The molecule has 0 spiro atoms. The molecule has 1 atom stereocenters. The quantitative estimate of drug-likeness (QED) is 0.880. The van der Waals surface area contributed by atoms with Crippen LogP contribution in [-0.4, -0.2) is 30.3 Å². The third-order valence-corrected chi connectivity index (χ3v) is 3.49. The summed E-state index contributed by atoms with van der Waals surface area (Å²) in [5.74, 6) is 0. The zero-order valence-corrected chi connectivity index (χ0v) is 11.7. The Labute approximate surface area is 114 Å². The van der Waals surface area contributed by atoms with Gasteiger partial charge in [0.25, 0.3) is 0 Å². The summed E-state index contributed by atoms with van der Waals surface area (Å²) in [5.41, 5.74) is 2.38. The van der Waals surface area contributed by atoms with Gasteiger partial charge < -0.3 is 15.3 Å². The van der Waals surface area contributed by atoms with Gasteiger partial charge in [-0.05, 0) is 24.1 Å². The molecule has 2 N–H and O–H groups in total. The van der Waals surface area contributed by atoms with Crippen molar-refractivity contribution in [1.29, 1.82) is 0 Å². The van der Waals surface area contributed by atoms with Gasteiger partial charge in [-0.15, -0.1) is 0 Å². The highest BCUT2D eigenvalue weighted by molar-refractivity contribution is 6.30. The lowest BCUT2D eigenvalue weighted by atomic mass is 10.1. The van der Waals surface area contributed by atoms with E-state index >= 15 is 0 Å². The van der Waals surface area contributed by atoms with Crippen LogP contribution in [0.15, 0.2) is 18.2 Å². The number of halogens is 1. The molecule has 1 unspecified atom stereocenters. The molecule has 1 saturated heterocycles. The second-order valence-corrected chi connectivity index (χ2v) is 5.63. The van der Waals surface area contributed by atoms with E-state index < -0.39 is 0 Å². The molecule has 1 aliphatic heterocycles. The summed E-state index contributed by atoms with van der Waals surface area (Å²) in [6.07, 6.45) is 0.624. The molecule has 1 aliphatic rings. The van der Waals surface area contributed by atoms with E-state index in [0.29, 0.717) is 12.6 Å². The standard InChI is InChI=1S/C14H21ClN2O/c1-10(2)16-8-11-3-4-12(15)7-14(11)17-6-5-13(18)9-17/h3-4,7,10,13,16,18H,5-6,8-9H2,1-2H3. The average molecular weight is 269 g/mol. The van der Waals surface area contributed by atoms with Crippen molar-refractivity contribution in [2.45, 2.75) is 39.0 Å². The largest absolute Gasteiger partial charge is 0.391 e. The van der Waals surface area contributed by atoms with Crippen LogP contribution in [0.3, 0.4) is 0 Å². The van der Waals surface area contributed by atoms with Gasteiger partial charge >= 0.3 is 0 Å². The lowest BCUT2D eigenvalue weighted by molar-refractivity contribution is 0.198. The Kier molecular flexibility index (Phi) is 4.49. The van der Waals surface area contributed by atoms with Crippen molar-refractivity contribution in [2.75, 3.05) is 18.0 Å². The maximum absolute atomic E-state index is 9.65. The van der Waals surface area contributed by atoms with Crippen molar-refractivity contribution in [3.05, 3.63) is 28.8 Å². The summed E-state index contributed by atoms with van der Waals surface area (Å²) in [6.45, 7) is 6.70. The van der Waals surface area contributed by atoms with Crippen molar-refractivity contribution in [3.8, 4) is 0 Å². The number of β-amino-alcohol motifs (C(OH)–C–C–N with tert-alkyl or cyclic N) is 1. The van der Waals surface area contributed by atoms with Crippen LogP contribution in [0.4, 0.5) is 5.69 Å². The van der Waals surface area contributed by atoms with Gasteiger partial charge in [-0.2, -0.15) is 0 Å². The summed E-state index contributed by atoms with van der Waals surface area (Å²) in [7, 11) is 0. The van der Waals surface area contributed by atoms with E-state index in [9.17, 15) is 5.11 Å². The smallest absolute Gasteiger partial charge is 0.0731 e. The van der Waals surface area contributed by atoms with E-state index in [-0.39, 0.29) is 6.10 Å². The Morgan fingerprint density at radius 2 is 2.28 bits per heavy atom. The minimum Gasteiger partial charge on any atom is -0.391 e. The monoisotopic (exact) mass is 268 g/mol. The Balaban J connectivity index is 2.18. The van der Waals surface area contributed by atoms with Gasteiger partial charge in [0.05, 0.1) is 6.10 Å². The second kappa shape index (κ2) is 5.91. The molecule has 0 bridgehead atoms. The number of aliphatic hydroxyl groups excluding tert-OH is 1. The fraction of sp³-hybridized carbons (Fsp3) is 0.571. The molecular weight excluding hydrogens is 248 g/mol. The minimum atomic E-state index is -0.213. The molecule has 1 fully saturated rings. The van der Waals surface area contributed by atoms with Gasteiger partial charge in [-0.1, -0.05) is 31.5 Å². The van der Waals surface area contributed by atoms with E-state index in [4.69, 9.17) is 11.6 Å². The summed E-state index contributed by atoms with van der Waals surface area (Å²) < 4.78 is 0. The molecule has 3 nitrogen and oxygen atoms in total. The van der Waals surface area contributed by atoms with E-state index in [0.717, 1.165) is 30.2 Å². The van der Waals surface area contributed by atoms with Crippen LogP contribution >= 0.6 is 11.6 Å². The number of hydrogen-bond acceptors (Lipinski definition) is 3. The maximum Gasteiger partial charge on any atom is 0.0731 e. The van der Waals surface area contributed by atoms with E-state index in [1.54, 1.807) is 0 Å². The predicted molar refractivity (Wildman–Crippen MR) is 76.3 cm³/mol. The minimum absolute atomic E-state index is 0.213. The lowest BCUT2D eigenvalue weighted by Crippen LogP contribution is -2.26. The normalized spacial score (nSPS) is 19.8. The van der Waals surface area contributed by atoms with Crippen LogP contribution in [0.25, 0.3) is 0 Å². The highest BCUT2D eigenvalue weighted by Crippen LogP contribution is 2.28. The number of aliphatic hydroxyl groups is 1. The van der Waals surface area contributed by atoms with Crippen molar-refractivity contribution in [2.24, 2.45) is 0 Å². The number of benzene rings is 1. The zero-order valence-electron chi connectivity index (χ0n) is 11.0. The fourth-order valence-electron chi connectivity index (χ4n) is 2.26. The first-order valence-electron chi connectivity index (χ1n) is 6.51. The number of hydrogen-bond donors (Lipinski definition) is 2. The van der Waals surface area contributed by atoms with E-state index in [2.05, 4.69) is 30.1 Å². The molecule has 0 aliphatic carbocycles. The Bertz CT molecular complexity index is 409. The van der Waals surface area contributed by atoms with Crippen molar-refractivity contribution < 1.29 is 5.11 Å². The SMILES string of the molecule is CC(C)NCc1ccc(Cl)cc1N1CCC(O)C1. The molecule has 0 radical (unpaired) electrons. The molecule has 1 aromatic carbocycles. The first-order chi connectivity index (χ1) is 8.56. The summed E-state index contributed by atoms with van der Waals surface area (Å²) in [4.78, 5) is 2.22. The molecule has 100 valence electrons. The topological polar surface area (TPSA) is 35.5 Å². The molecule has 18 heavy (non-hydrogen) atoms. The number of nitrogens with zero attached hydrogens (tertiary/aromatic N) is 1. The van der Waals surface area contributed by atoms with Gasteiger partial charge in [0.2, 0.25) is 0 Å².